The summed E-state index contributed by atoms with van der Waals surface area (Å²) in [4.78, 5) is 26.9. The van der Waals surface area contributed by atoms with E-state index in [1.807, 2.05) is 6.07 Å². The summed E-state index contributed by atoms with van der Waals surface area (Å²) in [6.45, 7) is 0.954. The smallest absolute Gasteiger partial charge is 0.275 e. The minimum absolute atomic E-state index is 0.171. The van der Waals surface area contributed by atoms with Crippen molar-refractivity contribution in [3.8, 4) is 0 Å². The second-order valence-corrected chi connectivity index (χ2v) is 9.87. The van der Waals surface area contributed by atoms with E-state index < -0.39 is 10.0 Å². The number of fused-ring (bicyclic) bond motifs is 2. The van der Waals surface area contributed by atoms with Crippen LogP contribution in [0, 0.1) is 0 Å². The number of aromatic amines is 1. The highest BCUT2D eigenvalue weighted by molar-refractivity contribution is 7.89. The number of nitrogens with zero attached hydrogens (tertiary/aromatic N) is 3. The van der Waals surface area contributed by atoms with E-state index in [1.165, 1.54) is 9.87 Å². The lowest BCUT2D eigenvalue weighted by atomic mass is 10.1. The van der Waals surface area contributed by atoms with E-state index in [1.54, 1.807) is 41.3 Å². The summed E-state index contributed by atoms with van der Waals surface area (Å²) in [6, 6.07) is 12.2. The average Bonchev–Trinajstić information content (AvgIpc) is 3.27. The first-order chi connectivity index (χ1) is 14.9. The Morgan fingerprint density at radius 2 is 1.65 bits per heavy atom. The second kappa shape index (κ2) is 7.58. The molecular weight excluding hydrogens is 416 g/mol. The second-order valence-electron chi connectivity index (χ2n) is 7.93. The van der Waals surface area contributed by atoms with Gasteiger partial charge in [-0.3, -0.25) is 9.59 Å². The maximum atomic E-state index is 13.1. The number of carbonyl (C=O) groups excluding carboxylic acids is 1. The first-order valence-electron chi connectivity index (χ1n) is 10.3. The molecule has 1 N–H and O–H groups in total. The summed E-state index contributed by atoms with van der Waals surface area (Å²) in [5.41, 5.74) is 2.17. The van der Waals surface area contributed by atoms with Crippen LogP contribution in [0.15, 0.2) is 52.2 Å². The number of nitrogens with one attached hydrogen (secondary N) is 1. The van der Waals surface area contributed by atoms with E-state index in [0.717, 1.165) is 24.8 Å². The van der Waals surface area contributed by atoms with Crippen LogP contribution in [0.1, 0.15) is 28.0 Å². The summed E-state index contributed by atoms with van der Waals surface area (Å²) in [6.07, 6.45) is 2.98. The minimum atomic E-state index is -3.61. The summed E-state index contributed by atoms with van der Waals surface area (Å²) in [5.74, 6) is -0.318. The highest BCUT2D eigenvalue weighted by atomic mass is 32.2. The van der Waals surface area contributed by atoms with Gasteiger partial charge in [0.2, 0.25) is 10.0 Å². The average molecular weight is 439 g/mol. The van der Waals surface area contributed by atoms with Crippen LogP contribution in [0.2, 0.25) is 0 Å². The molecule has 2 heterocycles. The number of H-pyrrole nitrogens is 1. The zero-order valence-corrected chi connectivity index (χ0v) is 17.7. The molecule has 2 aliphatic rings. The van der Waals surface area contributed by atoms with Crippen LogP contribution >= 0.6 is 0 Å². The Morgan fingerprint density at radius 3 is 2.42 bits per heavy atom. The van der Waals surface area contributed by atoms with Crippen molar-refractivity contribution in [3.63, 3.8) is 0 Å². The van der Waals surface area contributed by atoms with E-state index in [2.05, 4.69) is 10.2 Å². The fourth-order valence-electron chi connectivity index (χ4n) is 4.42. The molecule has 0 spiro atoms. The first-order valence-corrected chi connectivity index (χ1v) is 11.8. The lowest BCUT2D eigenvalue weighted by molar-refractivity contribution is 0.0693. The molecule has 1 fully saturated rings. The number of amides is 1. The van der Waals surface area contributed by atoms with Gasteiger partial charge in [-0.25, -0.2) is 13.5 Å². The molecule has 3 aromatic rings. The van der Waals surface area contributed by atoms with Crippen molar-refractivity contribution in [3.05, 3.63) is 69.6 Å². The molecule has 0 bridgehead atoms. The largest absolute Gasteiger partial charge is 0.335 e. The zero-order chi connectivity index (χ0) is 21.6. The monoisotopic (exact) mass is 438 g/mol. The van der Waals surface area contributed by atoms with Crippen LogP contribution in [-0.2, 0) is 22.9 Å². The molecule has 1 aromatic heterocycles. The van der Waals surface area contributed by atoms with Gasteiger partial charge in [-0.1, -0.05) is 24.3 Å². The van der Waals surface area contributed by atoms with Crippen LogP contribution in [0.3, 0.4) is 0 Å². The lowest BCUT2D eigenvalue weighted by Crippen LogP contribution is -2.50. The molecule has 0 radical (unpaired) electrons. The number of carbonyl (C=O) groups is 1. The molecule has 0 unspecified atom stereocenters. The number of aromatic nitrogens is 2. The molecule has 160 valence electrons. The van der Waals surface area contributed by atoms with Gasteiger partial charge in [0.05, 0.1) is 10.3 Å². The Labute approximate surface area is 179 Å². The molecule has 9 heteroatoms. The summed E-state index contributed by atoms with van der Waals surface area (Å²) in [7, 11) is -3.61. The quantitative estimate of drug-likeness (QED) is 0.668. The van der Waals surface area contributed by atoms with Crippen LogP contribution in [0.25, 0.3) is 10.8 Å². The first kappa shape index (κ1) is 19.9. The number of benzene rings is 2. The maximum absolute atomic E-state index is 13.1. The van der Waals surface area contributed by atoms with Crippen molar-refractivity contribution in [2.45, 2.75) is 24.2 Å². The topological polar surface area (TPSA) is 103 Å². The predicted molar refractivity (Wildman–Crippen MR) is 115 cm³/mol. The Hall–Kier alpha value is -3.04. The van der Waals surface area contributed by atoms with Gasteiger partial charge in [-0.05, 0) is 48.6 Å². The molecule has 1 aliphatic carbocycles. The minimum Gasteiger partial charge on any atom is -0.335 e. The van der Waals surface area contributed by atoms with Gasteiger partial charge in [0.25, 0.3) is 11.5 Å². The van der Waals surface area contributed by atoms with Gasteiger partial charge < -0.3 is 4.90 Å². The van der Waals surface area contributed by atoms with Crippen molar-refractivity contribution < 1.29 is 13.2 Å². The van der Waals surface area contributed by atoms with E-state index in [4.69, 9.17) is 0 Å². The molecule has 0 saturated carbocycles. The summed E-state index contributed by atoms with van der Waals surface area (Å²) >= 11 is 0. The molecule has 1 aliphatic heterocycles. The van der Waals surface area contributed by atoms with Crippen LogP contribution in [0.4, 0.5) is 0 Å². The van der Waals surface area contributed by atoms with Gasteiger partial charge >= 0.3 is 0 Å². The fourth-order valence-corrected chi connectivity index (χ4v) is 5.89. The predicted octanol–water partition coefficient (Wildman–Crippen LogP) is 1.56. The Bertz CT molecular complexity index is 1340. The molecular formula is C22H22N4O4S. The van der Waals surface area contributed by atoms with Crippen LogP contribution < -0.4 is 5.56 Å². The summed E-state index contributed by atoms with van der Waals surface area (Å²) in [5, 5.41) is 7.24. The SMILES string of the molecule is O=C(c1n[nH]c(=O)c2ccccc12)N1CCN(S(=O)(=O)c2ccc3c(c2)CCC3)CC1. The normalized spacial score (nSPS) is 17.1. The van der Waals surface area contributed by atoms with Gasteiger partial charge in [-0.15, -0.1) is 0 Å². The lowest BCUT2D eigenvalue weighted by Gasteiger charge is -2.34. The van der Waals surface area contributed by atoms with E-state index in [0.29, 0.717) is 15.7 Å². The number of piperazine rings is 1. The number of hydrogen-bond donors (Lipinski definition) is 1. The fraction of sp³-hybridized carbons (Fsp3) is 0.318. The van der Waals surface area contributed by atoms with E-state index >= 15 is 0 Å². The molecule has 1 amide bonds. The van der Waals surface area contributed by atoms with Crippen molar-refractivity contribution in [2.24, 2.45) is 0 Å². The van der Waals surface area contributed by atoms with E-state index in [-0.39, 0.29) is 43.3 Å². The Morgan fingerprint density at radius 1 is 0.935 bits per heavy atom. The van der Waals surface area contributed by atoms with Gasteiger partial charge in [0, 0.05) is 31.6 Å². The molecule has 2 aromatic carbocycles. The van der Waals surface area contributed by atoms with Crippen LogP contribution in [0.5, 0.6) is 0 Å². The maximum Gasteiger partial charge on any atom is 0.275 e. The van der Waals surface area contributed by atoms with Crippen molar-refractivity contribution in [2.75, 3.05) is 26.2 Å². The standard InChI is InChI=1S/C22H22N4O4S/c27-21-19-7-2-1-6-18(19)20(23-24-21)22(28)25-10-12-26(13-11-25)31(29,30)17-9-8-15-4-3-5-16(15)14-17/h1-2,6-9,14H,3-5,10-13H2,(H,24,27). The third-order valence-corrected chi connectivity index (χ3v) is 8.03. The molecule has 5 rings (SSSR count). The van der Waals surface area contributed by atoms with Crippen LogP contribution in [-0.4, -0.2) is 59.9 Å². The number of rotatable bonds is 3. The Balaban J connectivity index is 1.34. The van der Waals surface area contributed by atoms with Gasteiger partial charge in [0.15, 0.2) is 5.69 Å². The van der Waals surface area contributed by atoms with Crippen molar-refractivity contribution in [1.29, 1.82) is 0 Å². The number of hydrogen-bond acceptors (Lipinski definition) is 5. The Kier molecular flexibility index (Phi) is 4.86. The molecule has 1 saturated heterocycles. The molecule has 31 heavy (non-hydrogen) atoms. The van der Waals surface area contributed by atoms with Gasteiger partial charge in [-0.2, -0.15) is 9.40 Å². The number of sulfonamides is 1. The third kappa shape index (κ3) is 3.43. The molecule has 8 nitrogen and oxygen atoms in total. The zero-order valence-electron chi connectivity index (χ0n) is 16.9. The highest BCUT2D eigenvalue weighted by Crippen LogP contribution is 2.27. The van der Waals surface area contributed by atoms with E-state index in [9.17, 15) is 18.0 Å². The molecule has 0 atom stereocenters. The summed E-state index contributed by atoms with van der Waals surface area (Å²) < 4.78 is 27.7. The van der Waals surface area contributed by atoms with Crippen molar-refractivity contribution in [1.82, 2.24) is 19.4 Å². The van der Waals surface area contributed by atoms with Gasteiger partial charge in [0.1, 0.15) is 0 Å². The highest BCUT2D eigenvalue weighted by Gasteiger charge is 2.32. The van der Waals surface area contributed by atoms with Crippen molar-refractivity contribution >= 4 is 26.7 Å². The third-order valence-electron chi connectivity index (χ3n) is 6.13. The number of aryl methyl sites for hydroxylation is 2.